The SMILES string of the molecule is CCC[CH2][Sn]([CH2]CCC)([CH2]CCC)[c]1cnnc(-c2ccc(Cl)cc2)c1. The molecular formula is C22H33ClN2Sn. The van der Waals surface area contributed by atoms with Crippen LogP contribution in [-0.2, 0) is 0 Å². The minimum atomic E-state index is -2.45. The summed E-state index contributed by atoms with van der Waals surface area (Å²) < 4.78 is 5.94. The predicted molar refractivity (Wildman–Crippen MR) is 117 cm³/mol. The van der Waals surface area contributed by atoms with Gasteiger partial charge in [-0.05, 0) is 0 Å². The van der Waals surface area contributed by atoms with Crippen molar-refractivity contribution in [3.8, 4) is 11.3 Å². The molecule has 0 unspecified atom stereocenters. The third-order valence-corrected chi connectivity index (χ3v) is 21.2. The Kier molecular flexibility index (Phi) is 9.41. The number of hydrogen-bond donors (Lipinski definition) is 0. The Morgan fingerprint density at radius 1 is 0.846 bits per heavy atom. The van der Waals surface area contributed by atoms with Gasteiger partial charge in [-0.25, -0.2) is 0 Å². The number of benzene rings is 1. The molecular weight excluding hydrogens is 446 g/mol. The van der Waals surface area contributed by atoms with E-state index in [4.69, 9.17) is 11.6 Å². The van der Waals surface area contributed by atoms with Crippen LogP contribution in [-0.4, -0.2) is 28.6 Å². The van der Waals surface area contributed by atoms with Crippen LogP contribution in [0.15, 0.2) is 36.5 Å². The number of rotatable bonds is 11. The zero-order valence-electron chi connectivity index (χ0n) is 16.6. The van der Waals surface area contributed by atoms with Crippen molar-refractivity contribution in [3.63, 3.8) is 0 Å². The molecule has 1 heterocycles. The van der Waals surface area contributed by atoms with E-state index in [1.165, 1.54) is 51.8 Å². The van der Waals surface area contributed by atoms with Crippen LogP contribution in [0, 0.1) is 0 Å². The van der Waals surface area contributed by atoms with Gasteiger partial charge < -0.3 is 0 Å². The van der Waals surface area contributed by atoms with Crippen LogP contribution < -0.4 is 3.58 Å². The summed E-state index contributed by atoms with van der Waals surface area (Å²) >= 11 is 3.60. The average Bonchev–Trinajstić information content (AvgIpc) is 2.68. The summed E-state index contributed by atoms with van der Waals surface area (Å²) in [5.41, 5.74) is 2.12. The van der Waals surface area contributed by atoms with E-state index in [1.54, 1.807) is 3.58 Å². The van der Waals surface area contributed by atoms with Crippen LogP contribution in [0.1, 0.15) is 59.3 Å². The van der Waals surface area contributed by atoms with Gasteiger partial charge in [0.15, 0.2) is 0 Å². The second kappa shape index (κ2) is 11.3. The quantitative estimate of drug-likeness (QED) is 0.329. The van der Waals surface area contributed by atoms with E-state index in [1.807, 2.05) is 12.1 Å². The molecule has 0 saturated heterocycles. The first-order valence-electron chi connectivity index (χ1n) is 10.2. The van der Waals surface area contributed by atoms with E-state index in [0.29, 0.717) is 0 Å². The summed E-state index contributed by atoms with van der Waals surface area (Å²) in [6.45, 7) is 6.96. The summed E-state index contributed by atoms with van der Waals surface area (Å²) in [5.74, 6) is 0. The fourth-order valence-electron chi connectivity index (χ4n) is 3.77. The zero-order valence-corrected chi connectivity index (χ0v) is 20.2. The van der Waals surface area contributed by atoms with E-state index in [0.717, 1.165) is 16.3 Å². The zero-order chi connectivity index (χ0) is 18.8. The summed E-state index contributed by atoms with van der Waals surface area (Å²) in [5, 5.41) is 9.64. The predicted octanol–water partition coefficient (Wildman–Crippen LogP) is 6.85. The first-order chi connectivity index (χ1) is 12.6. The first-order valence-corrected chi connectivity index (χ1v) is 18.1. The minimum absolute atomic E-state index is 0.764. The molecule has 2 rings (SSSR count). The normalized spacial score (nSPS) is 11.7. The second-order valence-electron chi connectivity index (χ2n) is 7.43. The Bertz CT molecular complexity index is 636. The van der Waals surface area contributed by atoms with Gasteiger partial charge in [-0.1, -0.05) is 0 Å². The second-order valence-corrected chi connectivity index (χ2v) is 21.1. The van der Waals surface area contributed by atoms with Crippen LogP contribution >= 0.6 is 11.6 Å². The van der Waals surface area contributed by atoms with Gasteiger partial charge in [-0.15, -0.1) is 0 Å². The number of nitrogens with zero attached hydrogens (tertiary/aromatic N) is 2. The van der Waals surface area contributed by atoms with E-state index < -0.39 is 18.4 Å². The summed E-state index contributed by atoms with van der Waals surface area (Å²) in [4.78, 5) is 0. The van der Waals surface area contributed by atoms with Crippen molar-refractivity contribution >= 4 is 33.6 Å². The van der Waals surface area contributed by atoms with Gasteiger partial charge in [0, 0.05) is 0 Å². The topological polar surface area (TPSA) is 25.8 Å². The molecule has 0 spiro atoms. The monoisotopic (exact) mass is 480 g/mol. The molecule has 0 aliphatic heterocycles. The molecule has 2 aromatic rings. The van der Waals surface area contributed by atoms with Gasteiger partial charge in [-0.2, -0.15) is 0 Å². The van der Waals surface area contributed by atoms with Crippen molar-refractivity contribution in [2.75, 3.05) is 0 Å². The average molecular weight is 480 g/mol. The maximum absolute atomic E-state index is 6.05. The van der Waals surface area contributed by atoms with Gasteiger partial charge in [0.25, 0.3) is 0 Å². The van der Waals surface area contributed by atoms with Crippen molar-refractivity contribution in [2.24, 2.45) is 0 Å². The third kappa shape index (κ3) is 5.95. The van der Waals surface area contributed by atoms with Crippen LogP contribution in [0.5, 0.6) is 0 Å². The van der Waals surface area contributed by atoms with E-state index in [2.05, 4.69) is 55.4 Å². The standard InChI is InChI=1S/C10H6ClN2.3C4H9.Sn/c11-9-5-3-8(4-6-9)10-2-1-7-12-13-10;3*1-3-4-2;/h2-7H;3*1,3-4H2,2H3;. The number of halogens is 1. The fraction of sp³-hybridized carbons (Fsp3) is 0.545. The van der Waals surface area contributed by atoms with Crippen molar-refractivity contribution in [1.29, 1.82) is 0 Å². The summed E-state index contributed by atoms with van der Waals surface area (Å²) in [7, 11) is 0. The Balaban J connectivity index is 2.41. The number of aromatic nitrogens is 2. The molecule has 1 aromatic heterocycles. The van der Waals surface area contributed by atoms with Crippen LogP contribution in [0.25, 0.3) is 11.3 Å². The van der Waals surface area contributed by atoms with Crippen molar-refractivity contribution in [1.82, 2.24) is 10.2 Å². The summed E-state index contributed by atoms with van der Waals surface area (Å²) in [6, 6.07) is 10.3. The van der Waals surface area contributed by atoms with Crippen LogP contribution in [0.2, 0.25) is 18.3 Å². The van der Waals surface area contributed by atoms with Gasteiger partial charge in [0.1, 0.15) is 0 Å². The van der Waals surface area contributed by atoms with E-state index in [9.17, 15) is 0 Å². The van der Waals surface area contributed by atoms with E-state index in [-0.39, 0.29) is 0 Å². The summed E-state index contributed by atoms with van der Waals surface area (Å²) in [6.07, 6.45) is 10.1. The molecule has 0 fully saturated rings. The fourth-order valence-corrected chi connectivity index (χ4v) is 19.5. The molecule has 0 atom stereocenters. The molecule has 0 amide bonds. The molecule has 0 aliphatic rings. The van der Waals surface area contributed by atoms with Gasteiger partial charge in [0.05, 0.1) is 0 Å². The van der Waals surface area contributed by atoms with Crippen LogP contribution in [0.3, 0.4) is 0 Å². The van der Waals surface area contributed by atoms with Crippen LogP contribution in [0.4, 0.5) is 0 Å². The van der Waals surface area contributed by atoms with E-state index >= 15 is 0 Å². The van der Waals surface area contributed by atoms with Gasteiger partial charge in [-0.3, -0.25) is 0 Å². The molecule has 26 heavy (non-hydrogen) atoms. The molecule has 0 radical (unpaired) electrons. The maximum atomic E-state index is 6.05. The Labute approximate surface area is 168 Å². The number of hydrogen-bond acceptors (Lipinski definition) is 2. The molecule has 0 N–H and O–H groups in total. The molecule has 4 heteroatoms. The van der Waals surface area contributed by atoms with Crippen molar-refractivity contribution in [2.45, 2.75) is 72.6 Å². The Morgan fingerprint density at radius 2 is 1.38 bits per heavy atom. The first kappa shape index (κ1) is 21.7. The van der Waals surface area contributed by atoms with Gasteiger partial charge >= 0.3 is 169 Å². The molecule has 0 aliphatic carbocycles. The third-order valence-electron chi connectivity index (χ3n) is 5.43. The van der Waals surface area contributed by atoms with Crippen molar-refractivity contribution in [3.05, 3.63) is 41.6 Å². The number of unbranched alkanes of at least 4 members (excludes halogenated alkanes) is 3. The molecule has 2 nitrogen and oxygen atoms in total. The Hall–Kier alpha value is -0.611. The molecule has 142 valence electrons. The Morgan fingerprint density at radius 3 is 1.88 bits per heavy atom. The van der Waals surface area contributed by atoms with Gasteiger partial charge in [0.2, 0.25) is 0 Å². The molecule has 1 aromatic carbocycles. The molecule has 0 bridgehead atoms. The van der Waals surface area contributed by atoms with Crippen molar-refractivity contribution < 1.29 is 0 Å². The molecule has 0 saturated carbocycles.